The van der Waals surface area contributed by atoms with Crippen LogP contribution in [0.15, 0.2) is 18.2 Å². The van der Waals surface area contributed by atoms with Gasteiger partial charge in [0.25, 0.3) is 0 Å². The van der Waals surface area contributed by atoms with Gasteiger partial charge < -0.3 is 10.1 Å². The summed E-state index contributed by atoms with van der Waals surface area (Å²) < 4.78 is 19.9. The molecule has 1 N–H and O–H groups in total. The minimum atomic E-state index is -0.375. The third-order valence-corrected chi connectivity index (χ3v) is 4.57. The summed E-state index contributed by atoms with van der Waals surface area (Å²) in [7, 11) is 1.88. The first-order valence-electron chi connectivity index (χ1n) is 6.99. The van der Waals surface area contributed by atoms with E-state index in [2.05, 4.69) is 33.0 Å². The highest BCUT2D eigenvalue weighted by Gasteiger charge is 2.49. The van der Waals surface area contributed by atoms with Crippen LogP contribution < -0.4 is 5.32 Å². The lowest BCUT2D eigenvalue weighted by atomic mass is 9.79. The summed E-state index contributed by atoms with van der Waals surface area (Å²) in [5.74, 6) is -0.151. The predicted molar refractivity (Wildman–Crippen MR) is 80.6 cm³/mol. The van der Waals surface area contributed by atoms with Crippen LogP contribution in [0.3, 0.4) is 0 Å². The number of hydrogen-bond acceptors (Lipinski definition) is 2. The lowest BCUT2D eigenvalue weighted by Gasteiger charge is -2.33. The fraction of sp³-hybridized carbons (Fsp3) is 0.625. The van der Waals surface area contributed by atoms with E-state index in [1.165, 1.54) is 6.07 Å². The quantitative estimate of drug-likeness (QED) is 0.897. The SMILES string of the molecule is CNC(c1cccc(F)c1Cl)C1CC(C)(C)OC1(C)C. The molecule has 0 aromatic heterocycles. The molecule has 1 fully saturated rings. The lowest BCUT2D eigenvalue weighted by molar-refractivity contribution is -0.0776. The van der Waals surface area contributed by atoms with Crippen LogP contribution in [0.1, 0.15) is 45.7 Å². The van der Waals surface area contributed by atoms with Gasteiger partial charge in [0.15, 0.2) is 0 Å². The predicted octanol–water partition coefficient (Wildman–Crippen LogP) is 4.33. The van der Waals surface area contributed by atoms with Crippen LogP contribution in [-0.4, -0.2) is 18.2 Å². The topological polar surface area (TPSA) is 21.3 Å². The molecule has 1 saturated heterocycles. The summed E-state index contributed by atoms with van der Waals surface area (Å²) >= 11 is 6.15. The minimum Gasteiger partial charge on any atom is -0.369 e. The Morgan fingerprint density at radius 1 is 1.35 bits per heavy atom. The fourth-order valence-corrected chi connectivity index (χ4v) is 3.70. The maximum absolute atomic E-state index is 13.7. The zero-order valence-corrected chi connectivity index (χ0v) is 13.5. The zero-order valence-electron chi connectivity index (χ0n) is 12.8. The molecule has 112 valence electrons. The second-order valence-corrected chi connectivity index (χ2v) is 7.06. The smallest absolute Gasteiger partial charge is 0.142 e. The van der Waals surface area contributed by atoms with Crippen LogP contribution in [0.2, 0.25) is 5.02 Å². The van der Waals surface area contributed by atoms with Gasteiger partial charge in [0, 0.05) is 12.0 Å². The molecule has 2 atom stereocenters. The van der Waals surface area contributed by atoms with Gasteiger partial charge in [0.1, 0.15) is 5.82 Å². The number of hydrogen-bond donors (Lipinski definition) is 1. The number of benzene rings is 1. The van der Waals surface area contributed by atoms with E-state index in [1.54, 1.807) is 6.07 Å². The highest BCUT2D eigenvalue weighted by molar-refractivity contribution is 6.31. The number of halogens is 2. The Kier molecular flexibility index (Phi) is 4.16. The Labute approximate surface area is 125 Å². The maximum atomic E-state index is 13.7. The maximum Gasteiger partial charge on any atom is 0.142 e. The second-order valence-electron chi connectivity index (χ2n) is 6.69. The van der Waals surface area contributed by atoms with Crippen molar-refractivity contribution in [1.29, 1.82) is 0 Å². The molecule has 2 rings (SSSR count). The van der Waals surface area contributed by atoms with Gasteiger partial charge in [0.2, 0.25) is 0 Å². The molecule has 0 radical (unpaired) electrons. The molecule has 1 aromatic carbocycles. The minimum absolute atomic E-state index is 0.0324. The summed E-state index contributed by atoms with van der Waals surface area (Å²) in [4.78, 5) is 0. The van der Waals surface area contributed by atoms with Crippen LogP contribution in [0.4, 0.5) is 4.39 Å². The number of ether oxygens (including phenoxy) is 1. The largest absolute Gasteiger partial charge is 0.369 e. The molecule has 0 spiro atoms. The Morgan fingerprint density at radius 2 is 2.00 bits per heavy atom. The van der Waals surface area contributed by atoms with E-state index in [0.29, 0.717) is 0 Å². The van der Waals surface area contributed by atoms with Crippen LogP contribution in [0.25, 0.3) is 0 Å². The van der Waals surface area contributed by atoms with Crippen molar-refractivity contribution in [1.82, 2.24) is 5.32 Å². The molecular formula is C16H23ClFNO. The van der Waals surface area contributed by atoms with Crippen molar-refractivity contribution in [3.8, 4) is 0 Å². The molecule has 1 heterocycles. The van der Waals surface area contributed by atoms with Crippen LogP contribution >= 0.6 is 11.6 Å². The Morgan fingerprint density at radius 3 is 2.50 bits per heavy atom. The molecule has 2 nitrogen and oxygen atoms in total. The average Bonchev–Trinajstić information content (AvgIpc) is 2.54. The van der Waals surface area contributed by atoms with Gasteiger partial charge >= 0.3 is 0 Å². The van der Waals surface area contributed by atoms with Crippen molar-refractivity contribution in [2.75, 3.05) is 7.05 Å². The van der Waals surface area contributed by atoms with Crippen molar-refractivity contribution in [2.45, 2.75) is 51.4 Å². The molecule has 0 amide bonds. The van der Waals surface area contributed by atoms with E-state index < -0.39 is 0 Å². The second kappa shape index (κ2) is 5.28. The van der Waals surface area contributed by atoms with Gasteiger partial charge in [-0.2, -0.15) is 0 Å². The molecule has 1 aromatic rings. The first-order valence-corrected chi connectivity index (χ1v) is 7.37. The van der Waals surface area contributed by atoms with E-state index in [-0.39, 0.29) is 34.0 Å². The number of rotatable bonds is 3. The van der Waals surface area contributed by atoms with E-state index in [1.807, 2.05) is 13.1 Å². The van der Waals surface area contributed by atoms with Gasteiger partial charge in [-0.15, -0.1) is 0 Å². The summed E-state index contributed by atoms with van der Waals surface area (Å²) in [6, 6.07) is 4.94. The summed E-state index contributed by atoms with van der Waals surface area (Å²) in [6.45, 7) is 8.36. The Hall–Kier alpha value is -0.640. The third kappa shape index (κ3) is 2.85. The number of nitrogens with one attached hydrogen (secondary N) is 1. The monoisotopic (exact) mass is 299 g/mol. The van der Waals surface area contributed by atoms with Gasteiger partial charge in [-0.1, -0.05) is 23.7 Å². The van der Waals surface area contributed by atoms with Crippen molar-refractivity contribution >= 4 is 11.6 Å². The Bertz CT molecular complexity index is 501. The van der Waals surface area contributed by atoms with E-state index in [9.17, 15) is 4.39 Å². The molecule has 0 aliphatic carbocycles. The van der Waals surface area contributed by atoms with Crippen molar-refractivity contribution in [3.05, 3.63) is 34.6 Å². The molecule has 1 aliphatic rings. The Balaban J connectivity index is 2.40. The van der Waals surface area contributed by atoms with E-state index in [4.69, 9.17) is 16.3 Å². The molecule has 4 heteroatoms. The van der Waals surface area contributed by atoms with Crippen molar-refractivity contribution < 1.29 is 9.13 Å². The van der Waals surface area contributed by atoms with E-state index in [0.717, 1.165) is 12.0 Å². The highest BCUT2D eigenvalue weighted by Crippen LogP contribution is 2.48. The fourth-order valence-electron chi connectivity index (χ4n) is 3.46. The van der Waals surface area contributed by atoms with Gasteiger partial charge in [-0.25, -0.2) is 4.39 Å². The van der Waals surface area contributed by atoms with Gasteiger partial charge in [-0.3, -0.25) is 0 Å². The van der Waals surface area contributed by atoms with Crippen molar-refractivity contribution in [3.63, 3.8) is 0 Å². The van der Waals surface area contributed by atoms with Gasteiger partial charge in [-0.05, 0) is 52.8 Å². The molecule has 2 unspecified atom stereocenters. The molecule has 0 saturated carbocycles. The van der Waals surface area contributed by atoms with Crippen LogP contribution in [-0.2, 0) is 4.74 Å². The molecule has 1 aliphatic heterocycles. The van der Waals surface area contributed by atoms with Crippen molar-refractivity contribution in [2.24, 2.45) is 5.92 Å². The highest BCUT2D eigenvalue weighted by atomic mass is 35.5. The standard InChI is InChI=1S/C16H23ClFNO/c1-15(2)9-11(16(3,4)20-15)14(19-5)10-7-6-8-12(18)13(10)17/h6-8,11,14,19H,9H2,1-5H3. The van der Waals surface area contributed by atoms with Crippen LogP contribution in [0, 0.1) is 11.7 Å². The summed E-state index contributed by atoms with van der Waals surface area (Å²) in [6.07, 6.45) is 0.901. The van der Waals surface area contributed by atoms with E-state index >= 15 is 0 Å². The average molecular weight is 300 g/mol. The first-order chi connectivity index (χ1) is 9.18. The molecule has 20 heavy (non-hydrogen) atoms. The normalized spacial score (nSPS) is 25.6. The first kappa shape index (κ1) is 15.7. The lowest BCUT2D eigenvalue weighted by Crippen LogP contribution is -2.37. The van der Waals surface area contributed by atoms with Crippen LogP contribution in [0.5, 0.6) is 0 Å². The zero-order chi connectivity index (χ0) is 15.1. The summed E-state index contributed by atoms with van der Waals surface area (Å²) in [5, 5.41) is 3.49. The van der Waals surface area contributed by atoms with Gasteiger partial charge in [0.05, 0.1) is 16.2 Å². The third-order valence-electron chi connectivity index (χ3n) is 4.17. The summed E-state index contributed by atoms with van der Waals surface area (Å²) in [5.41, 5.74) is 0.337. The molecule has 0 bridgehead atoms. The molecular weight excluding hydrogens is 277 g/mol.